The summed E-state index contributed by atoms with van der Waals surface area (Å²) >= 11 is 0. The van der Waals surface area contributed by atoms with Gasteiger partial charge in [-0.25, -0.2) is 0 Å². The van der Waals surface area contributed by atoms with Crippen molar-refractivity contribution < 1.29 is 4.79 Å². The van der Waals surface area contributed by atoms with E-state index >= 15 is 0 Å². The molecule has 0 aliphatic heterocycles. The molecule has 0 fully saturated rings. The van der Waals surface area contributed by atoms with E-state index in [0.717, 1.165) is 0 Å². The second kappa shape index (κ2) is 3.54. The monoisotopic (exact) mass is 125 g/mol. The molecular formula is C6H12BNO. The fourth-order valence-electron chi connectivity index (χ4n) is 0.432. The molecule has 0 unspecified atom stereocenters. The molecule has 2 nitrogen and oxygen atoms in total. The van der Waals surface area contributed by atoms with Gasteiger partial charge in [-0.2, -0.15) is 0 Å². The van der Waals surface area contributed by atoms with E-state index in [4.69, 9.17) is 7.85 Å². The molecule has 3 heteroatoms. The first-order valence-electron chi connectivity index (χ1n) is 3.05. The van der Waals surface area contributed by atoms with Crippen LogP contribution in [0.3, 0.4) is 0 Å². The molecule has 0 aliphatic carbocycles. The van der Waals surface area contributed by atoms with E-state index < -0.39 is 0 Å². The Kier molecular flexibility index (Phi) is 3.36. The first kappa shape index (κ1) is 8.53. The Morgan fingerprint density at radius 1 is 1.67 bits per heavy atom. The van der Waals surface area contributed by atoms with Crippen LogP contribution in [0.25, 0.3) is 0 Å². The molecule has 0 aliphatic rings. The van der Waals surface area contributed by atoms with Crippen molar-refractivity contribution in [3.8, 4) is 0 Å². The molecule has 0 heterocycles. The van der Waals surface area contributed by atoms with Crippen LogP contribution in [-0.4, -0.2) is 31.7 Å². The molecule has 0 rings (SSSR count). The van der Waals surface area contributed by atoms with Gasteiger partial charge in [0.25, 0.3) is 0 Å². The van der Waals surface area contributed by atoms with Gasteiger partial charge in [-0.3, -0.25) is 4.79 Å². The number of rotatable bonds is 2. The van der Waals surface area contributed by atoms with Gasteiger partial charge in [-0.1, -0.05) is 0 Å². The second-order valence-corrected chi connectivity index (χ2v) is 2.30. The highest BCUT2D eigenvalue weighted by atomic mass is 16.2. The zero-order valence-electron chi connectivity index (χ0n) is 6.22. The fraction of sp³-hybridized carbons (Fsp3) is 0.833. The Morgan fingerprint density at radius 2 is 2.11 bits per heavy atom. The quantitative estimate of drug-likeness (QED) is 0.490. The lowest BCUT2D eigenvalue weighted by atomic mass is 10.0. The summed E-state index contributed by atoms with van der Waals surface area (Å²) in [6.45, 7) is 3.90. The Morgan fingerprint density at radius 3 is 2.22 bits per heavy atom. The van der Waals surface area contributed by atoms with E-state index in [1.165, 1.54) is 0 Å². The van der Waals surface area contributed by atoms with Crippen LogP contribution < -0.4 is 0 Å². The van der Waals surface area contributed by atoms with E-state index in [1.807, 2.05) is 13.8 Å². The molecule has 0 saturated heterocycles. The third-order valence-electron chi connectivity index (χ3n) is 1.34. The predicted octanol–water partition coefficient (Wildman–Crippen LogP) is 0.440. The second-order valence-electron chi connectivity index (χ2n) is 2.30. The smallest absolute Gasteiger partial charge is 0.213 e. The van der Waals surface area contributed by atoms with E-state index in [2.05, 4.69) is 0 Å². The Hall–Kier alpha value is -0.465. The molecule has 0 bridgehead atoms. The van der Waals surface area contributed by atoms with Gasteiger partial charge in [0.05, 0.1) is 7.85 Å². The highest BCUT2D eigenvalue weighted by Crippen LogP contribution is 1.95. The molecular weight excluding hydrogens is 113 g/mol. The summed E-state index contributed by atoms with van der Waals surface area (Å²) in [6, 6.07) is 0.251. The lowest BCUT2D eigenvalue weighted by molar-refractivity contribution is -0.128. The minimum Gasteiger partial charge on any atom is -0.344 e. The molecule has 0 N–H and O–H groups in total. The van der Waals surface area contributed by atoms with Crippen molar-refractivity contribution in [1.82, 2.24) is 4.90 Å². The van der Waals surface area contributed by atoms with Gasteiger partial charge in [-0.05, 0) is 20.2 Å². The average molecular weight is 125 g/mol. The number of nitrogens with zero attached hydrogens (tertiary/aromatic N) is 1. The van der Waals surface area contributed by atoms with E-state index in [9.17, 15) is 4.79 Å². The summed E-state index contributed by atoms with van der Waals surface area (Å²) < 4.78 is 0. The topological polar surface area (TPSA) is 20.3 Å². The van der Waals surface area contributed by atoms with E-state index in [0.29, 0.717) is 0 Å². The van der Waals surface area contributed by atoms with E-state index in [-0.39, 0.29) is 18.3 Å². The normalized spacial score (nSPS) is 9.78. The average Bonchev–Trinajstić information content (AvgIpc) is 1.84. The Labute approximate surface area is 57.6 Å². The summed E-state index contributed by atoms with van der Waals surface area (Å²) in [6.07, 6.45) is 0.106. The Balaban J connectivity index is 3.72. The van der Waals surface area contributed by atoms with Crippen molar-refractivity contribution in [2.45, 2.75) is 26.2 Å². The van der Waals surface area contributed by atoms with Crippen LogP contribution in [0, 0.1) is 0 Å². The zero-order valence-corrected chi connectivity index (χ0v) is 6.22. The third kappa shape index (κ3) is 2.54. The van der Waals surface area contributed by atoms with Crippen molar-refractivity contribution in [2.75, 3.05) is 7.05 Å². The van der Waals surface area contributed by atoms with Crippen molar-refractivity contribution in [3.63, 3.8) is 0 Å². The predicted molar refractivity (Wildman–Crippen MR) is 38.5 cm³/mol. The van der Waals surface area contributed by atoms with Crippen LogP contribution >= 0.6 is 0 Å². The largest absolute Gasteiger partial charge is 0.344 e. The molecule has 50 valence electrons. The minimum absolute atomic E-state index is 0.00926. The van der Waals surface area contributed by atoms with Gasteiger partial charge in [-0.15, -0.1) is 0 Å². The summed E-state index contributed by atoms with van der Waals surface area (Å²) in [5.74, 6) is -0.00926. The Bertz CT molecular complexity index is 103. The van der Waals surface area contributed by atoms with Gasteiger partial charge in [0.15, 0.2) is 0 Å². The van der Waals surface area contributed by atoms with Gasteiger partial charge in [0, 0.05) is 13.1 Å². The van der Waals surface area contributed by atoms with Gasteiger partial charge >= 0.3 is 0 Å². The summed E-state index contributed by atoms with van der Waals surface area (Å²) in [4.78, 5) is 12.4. The van der Waals surface area contributed by atoms with Crippen LogP contribution in [-0.2, 0) is 4.79 Å². The summed E-state index contributed by atoms with van der Waals surface area (Å²) in [5, 5.41) is 0. The maximum atomic E-state index is 10.8. The van der Waals surface area contributed by atoms with Crippen LogP contribution in [0.1, 0.15) is 13.8 Å². The highest BCUT2D eigenvalue weighted by molar-refractivity contribution is 6.19. The fourth-order valence-corrected chi connectivity index (χ4v) is 0.432. The van der Waals surface area contributed by atoms with Crippen molar-refractivity contribution in [2.24, 2.45) is 0 Å². The molecule has 0 atom stereocenters. The van der Waals surface area contributed by atoms with Crippen LogP contribution in [0.15, 0.2) is 0 Å². The molecule has 9 heavy (non-hydrogen) atoms. The van der Waals surface area contributed by atoms with E-state index in [1.54, 1.807) is 11.9 Å². The van der Waals surface area contributed by atoms with Crippen LogP contribution in [0.5, 0.6) is 0 Å². The SMILES string of the molecule is [B]CC(=O)N(C)C(C)C. The zero-order chi connectivity index (χ0) is 7.44. The lowest BCUT2D eigenvalue weighted by Crippen LogP contribution is -2.32. The van der Waals surface area contributed by atoms with Crippen molar-refractivity contribution >= 4 is 13.8 Å². The van der Waals surface area contributed by atoms with Gasteiger partial charge < -0.3 is 4.90 Å². The number of amides is 1. The lowest BCUT2D eigenvalue weighted by Gasteiger charge is -2.20. The molecule has 1 amide bonds. The summed E-state index contributed by atoms with van der Waals surface area (Å²) in [5.41, 5.74) is 0. The van der Waals surface area contributed by atoms with Crippen LogP contribution in [0.4, 0.5) is 0 Å². The molecule has 0 spiro atoms. The number of hydrogen-bond donors (Lipinski definition) is 0. The van der Waals surface area contributed by atoms with Gasteiger partial charge in [0.1, 0.15) is 0 Å². The molecule has 0 aromatic carbocycles. The molecule has 0 saturated carbocycles. The maximum absolute atomic E-state index is 10.8. The molecule has 0 aromatic rings. The number of carbonyl (C=O) groups excluding carboxylic acids is 1. The minimum atomic E-state index is -0.00926. The van der Waals surface area contributed by atoms with Crippen molar-refractivity contribution in [3.05, 3.63) is 0 Å². The number of hydrogen-bond acceptors (Lipinski definition) is 1. The number of carbonyl (C=O) groups is 1. The first-order chi connectivity index (χ1) is 4.09. The van der Waals surface area contributed by atoms with Gasteiger partial charge in [0.2, 0.25) is 5.91 Å². The highest BCUT2D eigenvalue weighted by Gasteiger charge is 2.07. The first-order valence-corrected chi connectivity index (χ1v) is 3.05. The summed E-state index contributed by atoms with van der Waals surface area (Å²) in [7, 11) is 6.87. The third-order valence-corrected chi connectivity index (χ3v) is 1.34. The standard InChI is InChI=1S/C6H12BNO/c1-5(2)8(3)6(9)4-7/h5H,4H2,1-3H3. The molecule has 2 radical (unpaired) electrons. The van der Waals surface area contributed by atoms with Crippen molar-refractivity contribution in [1.29, 1.82) is 0 Å². The maximum Gasteiger partial charge on any atom is 0.213 e. The molecule has 0 aromatic heterocycles. The van der Waals surface area contributed by atoms with Crippen LogP contribution in [0.2, 0.25) is 6.32 Å².